The Labute approximate surface area is 118 Å². The van der Waals surface area contributed by atoms with Gasteiger partial charge in [0.1, 0.15) is 10.9 Å². The summed E-state index contributed by atoms with van der Waals surface area (Å²) in [5.41, 5.74) is 1.92. The maximum Gasteiger partial charge on any atom is 0.132 e. The van der Waals surface area contributed by atoms with Gasteiger partial charge in [-0.25, -0.2) is 9.97 Å². The summed E-state index contributed by atoms with van der Waals surface area (Å²) in [7, 11) is 0. The van der Waals surface area contributed by atoms with Crippen molar-refractivity contribution in [1.82, 2.24) is 9.97 Å². The van der Waals surface area contributed by atoms with Gasteiger partial charge in [0.15, 0.2) is 0 Å². The van der Waals surface area contributed by atoms with Gasteiger partial charge in [-0.1, -0.05) is 37.7 Å². The van der Waals surface area contributed by atoms with Gasteiger partial charge in [0.25, 0.3) is 0 Å². The molecule has 2 rings (SSSR count). The summed E-state index contributed by atoms with van der Waals surface area (Å²) in [4.78, 5) is 10.1. The molecule has 3 nitrogen and oxygen atoms in total. The Bertz CT molecular complexity index is 553. The number of benzene rings is 1. The highest BCUT2D eigenvalue weighted by molar-refractivity contribution is 7.99. The van der Waals surface area contributed by atoms with Crippen molar-refractivity contribution in [3.8, 4) is 0 Å². The fourth-order valence-electron chi connectivity index (χ4n) is 1.66. The summed E-state index contributed by atoms with van der Waals surface area (Å²) < 4.78 is 0. The summed E-state index contributed by atoms with van der Waals surface area (Å²) >= 11 is 1.62. The quantitative estimate of drug-likeness (QED) is 0.866. The minimum Gasteiger partial charge on any atom is -0.392 e. The molecular formula is C15H18N2OS. The predicted octanol–water partition coefficient (Wildman–Crippen LogP) is 3.55. The lowest BCUT2D eigenvalue weighted by Gasteiger charge is -2.08. The highest BCUT2D eigenvalue weighted by Gasteiger charge is 2.07. The molecule has 4 heteroatoms. The largest absolute Gasteiger partial charge is 0.392 e. The summed E-state index contributed by atoms with van der Waals surface area (Å²) in [6.07, 6.45) is 0. The first-order valence-corrected chi connectivity index (χ1v) is 7.13. The van der Waals surface area contributed by atoms with Gasteiger partial charge in [-0.05, 0) is 30.7 Å². The lowest BCUT2D eigenvalue weighted by molar-refractivity contribution is 0.282. The average molecular weight is 274 g/mol. The molecule has 0 spiro atoms. The maximum atomic E-state index is 9.02. The first-order valence-electron chi connectivity index (χ1n) is 6.31. The van der Waals surface area contributed by atoms with Crippen LogP contribution in [0.25, 0.3) is 0 Å². The fraction of sp³-hybridized carbons (Fsp3) is 0.333. The molecule has 0 radical (unpaired) electrons. The Kier molecular flexibility index (Phi) is 4.56. The number of aliphatic hydroxyl groups is 1. The summed E-state index contributed by atoms with van der Waals surface area (Å²) in [5, 5.41) is 9.99. The first-order chi connectivity index (χ1) is 9.08. The molecule has 0 atom stereocenters. The number of rotatable bonds is 4. The van der Waals surface area contributed by atoms with E-state index in [0.29, 0.717) is 5.92 Å². The van der Waals surface area contributed by atoms with E-state index in [0.717, 1.165) is 27.0 Å². The van der Waals surface area contributed by atoms with E-state index in [9.17, 15) is 0 Å². The molecule has 0 bridgehead atoms. The monoisotopic (exact) mass is 274 g/mol. The molecule has 0 saturated carbocycles. The second-order valence-electron chi connectivity index (χ2n) is 4.76. The Balaban J connectivity index is 2.22. The van der Waals surface area contributed by atoms with E-state index >= 15 is 0 Å². The van der Waals surface area contributed by atoms with Gasteiger partial charge in [-0.2, -0.15) is 0 Å². The second kappa shape index (κ2) is 6.17. The number of aliphatic hydroxyl groups excluding tert-OH is 1. The van der Waals surface area contributed by atoms with E-state index in [1.165, 1.54) is 0 Å². The van der Waals surface area contributed by atoms with Crippen molar-refractivity contribution in [2.45, 2.75) is 43.2 Å². The Morgan fingerprint density at radius 1 is 1.16 bits per heavy atom. The van der Waals surface area contributed by atoms with E-state index < -0.39 is 0 Å². The van der Waals surface area contributed by atoms with Crippen LogP contribution in [0.3, 0.4) is 0 Å². The third kappa shape index (κ3) is 3.78. The molecule has 100 valence electrons. The van der Waals surface area contributed by atoms with Crippen molar-refractivity contribution in [2.24, 2.45) is 0 Å². The SMILES string of the molecule is Cc1cc(Sc2ccc(CO)cc2)nc(C(C)C)n1. The van der Waals surface area contributed by atoms with E-state index in [1.54, 1.807) is 11.8 Å². The zero-order chi connectivity index (χ0) is 13.8. The third-order valence-electron chi connectivity index (χ3n) is 2.69. The Morgan fingerprint density at radius 2 is 1.84 bits per heavy atom. The summed E-state index contributed by atoms with van der Waals surface area (Å²) in [5.74, 6) is 1.21. The molecule has 1 aromatic carbocycles. The van der Waals surface area contributed by atoms with Gasteiger partial charge in [-0.3, -0.25) is 0 Å². The molecule has 0 unspecified atom stereocenters. The van der Waals surface area contributed by atoms with Crippen LogP contribution in [0, 0.1) is 6.92 Å². The normalized spacial score (nSPS) is 11.0. The Hall–Kier alpha value is -1.39. The second-order valence-corrected chi connectivity index (χ2v) is 5.86. The molecule has 2 aromatic rings. The van der Waals surface area contributed by atoms with Gasteiger partial charge in [0.05, 0.1) is 6.61 Å². The fourth-order valence-corrected chi connectivity index (χ4v) is 2.54. The van der Waals surface area contributed by atoms with Crippen LogP contribution in [0.2, 0.25) is 0 Å². The van der Waals surface area contributed by atoms with Gasteiger partial charge in [0, 0.05) is 16.5 Å². The molecule has 19 heavy (non-hydrogen) atoms. The zero-order valence-corrected chi connectivity index (χ0v) is 12.2. The van der Waals surface area contributed by atoms with Crippen LogP contribution in [0.1, 0.15) is 36.8 Å². The van der Waals surface area contributed by atoms with Crippen molar-refractivity contribution < 1.29 is 5.11 Å². The predicted molar refractivity (Wildman–Crippen MR) is 77.3 cm³/mol. The van der Waals surface area contributed by atoms with Crippen LogP contribution in [0.15, 0.2) is 40.3 Å². The number of hydrogen-bond acceptors (Lipinski definition) is 4. The minimum atomic E-state index is 0.0784. The average Bonchev–Trinajstić information content (AvgIpc) is 2.39. The molecule has 0 fully saturated rings. The van der Waals surface area contributed by atoms with Crippen molar-refractivity contribution in [2.75, 3.05) is 0 Å². The van der Waals surface area contributed by atoms with Crippen LogP contribution in [0.4, 0.5) is 0 Å². The van der Waals surface area contributed by atoms with E-state index in [1.807, 2.05) is 37.3 Å². The van der Waals surface area contributed by atoms with Crippen LogP contribution < -0.4 is 0 Å². The number of aromatic nitrogens is 2. The van der Waals surface area contributed by atoms with Crippen molar-refractivity contribution in [3.05, 3.63) is 47.4 Å². The third-order valence-corrected chi connectivity index (χ3v) is 3.62. The van der Waals surface area contributed by atoms with Gasteiger partial charge < -0.3 is 5.11 Å². The molecule has 0 saturated heterocycles. The van der Waals surface area contributed by atoms with Crippen molar-refractivity contribution in [1.29, 1.82) is 0 Å². The van der Waals surface area contributed by atoms with E-state index in [-0.39, 0.29) is 6.61 Å². The molecule has 1 aromatic heterocycles. The molecule has 1 N–H and O–H groups in total. The highest BCUT2D eigenvalue weighted by atomic mass is 32.2. The van der Waals surface area contributed by atoms with Crippen LogP contribution in [-0.2, 0) is 6.61 Å². The van der Waals surface area contributed by atoms with Crippen molar-refractivity contribution in [3.63, 3.8) is 0 Å². The topological polar surface area (TPSA) is 46.0 Å². The molecule has 0 aliphatic heterocycles. The standard InChI is InChI=1S/C15H18N2OS/c1-10(2)15-16-11(3)8-14(17-15)19-13-6-4-12(9-18)5-7-13/h4-8,10,18H,9H2,1-3H3. The molecule has 0 aliphatic rings. The number of nitrogens with zero attached hydrogens (tertiary/aromatic N) is 2. The molecule has 1 heterocycles. The summed E-state index contributed by atoms with van der Waals surface area (Å²) in [6, 6.07) is 9.86. The lowest BCUT2D eigenvalue weighted by atomic mass is 10.2. The van der Waals surface area contributed by atoms with Crippen LogP contribution in [0.5, 0.6) is 0 Å². The van der Waals surface area contributed by atoms with Gasteiger partial charge in [0.2, 0.25) is 0 Å². The van der Waals surface area contributed by atoms with Crippen LogP contribution in [-0.4, -0.2) is 15.1 Å². The summed E-state index contributed by atoms with van der Waals surface area (Å²) in [6.45, 7) is 6.26. The molecule has 0 aliphatic carbocycles. The lowest BCUT2D eigenvalue weighted by Crippen LogP contribution is -2.00. The van der Waals surface area contributed by atoms with Gasteiger partial charge in [-0.15, -0.1) is 0 Å². The number of aryl methyl sites for hydroxylation is 1. The number of hydrogen-bond donors (Lipinski definition) is 1. The van der Waals surface area contributed by atoms with E-state index in [2.05, 4.69) is 23.8 Å². The minimum absolute atomic E-state index is 0.0784. The van der Waals surface area contributed by atoms with E-state index in [4.69, 9.17) is 5.11 Å². The molecular weight excluding hydrogens is 256 g/mol. The smallest absolute Gasteiger partial charge is 0.132 e. The van der Waals surface area contributed by atoms with Gasteiger partial charge >= 0.3 is 0 Å². The Morgan fingerprint density at radius 3 is 2.42 bits per heavy atom. The molecule has 0 amide bonds. The highest BCUT2D eigenvalue weighted by Crippen LogP contribution is 2.27. The maximum absolute atomic E-state index is 9.02. The van der Waals surface area contributed by atoms with Crippen LogP contribution >= 0.6 is 11.8 Å². The van der Waals surface area contributed by atoms with Crippen molar-refractivity contribution >= 4 is 11.8 Å². The first kappa shape index (κ1) is 14.0. The zero-order valence-electron chi connectivity index (χ0n) is 11.4.